The Bertz CT molecular complexity index is 1340. The van der Waals surface area contributed by atoms with Crippen LogP contribution in [0.1, 0.15) is 12.0 Å². The molecule has 4 nitrogen and oxygen atoms in total. The molecule has 30 heavy (non-hydrogen) atoms. The van der Waals surface area contributed by atoms with Gasteiger partial charge in [-0.25, -0.2) is 5.43 Å². The summed E-state index contributed by atoms with van der Waals surface area (Å²) in [6, 6.07) is 30.8. The molecule has 0 fully saturated rings. The van der Waals surface area contributed by atoms with Crippen molar-refractivity contribution in [3.63, 3.8) is 0 Å². The maximum atomic E-state index is 12.4. The van der Waals surface area contributed by atoms with Crippen molar-refractivity contribution in [3.8, 4) is 0 Å². The predicted octanol–water partition coefficient (Wildman–Crippen LogP) is 5.49. The van der Waals surface area contributed by atoms with Crippen LogP contribution in [0.15, 0.2) is 96.1 Å². The molecule has 1 amide bonds. The molecule has 1 aromatic heterocycles. The van der Waals surface area contributed by atoms with Crippen molar-refractivity contribution < 1.29 is 4.79 Å². The highest BCUT2D eigenvalue weighted by Crippen LogP contribution is 2.28. The van der Waals surface area contributed by atoms with E-state index in [0.717, 1.165) is 27.4 Å². The number of nitrogens with zero attached hydrogens (tertiary/aromatic N) is 2. The third-order valence-corrected chi connectivity index (χ3v) is 5.46. The monoisotopic (exact) mass is 391 g/mol. The molecule has 0 saturated heterocycles. The summed E-state index contributed by atoms with van der Waals surface area (Å²) in [5.41, 5.74) is 5.94. The van der Waals surface area contributed by atoms with Crippen molar-refractivity contribution in [2.75, 3.05) is 0 Å². The van der Waals surface area contributed by atoms with E-state index >= 15 is 0 Å². The Morgan fingerprint density at radius 2 is 1.37 bits per heavy atom. The number of nitrogens with one attached hydrogen (secondary N) is 1. The number of para-hydroxylation sites is 2. The molecule has 0 radical (unpaired) electrons. The molecule has 0 aliphatic carbocycles. The molecule has 0 bridgehead atoms. The highest BCUT2D eigenvalue weighted by molar-refractivity contribution is 6.08. The molecule has 1 heterocycles. The van der Waals surface area contributed by atoms with E-state index in [0.29, 0.717) is 13.0 Å². The van der Waals surface area contributed by atoms with Gasteiger partial charge in [-0.15, -0.1) is 0 Å². The van der Waals surface area contributed by atoms with Crippen LogP contribution in [0.2, 0.25) is 0 Å². The largest absolute Gasteiger partial charge is 0.340 e. The molecular weight excluding hydrogens is 370 g/mol. The van der Waals surface area contributed by atoms with Gasteiger partial charge in [0, 0.05) is 40.3 Å². The molecule has 0 unspecified atom stereocenters. The third kappa shape index (κ3) is 3.33. The van der Waals surface area contributed by atoms with E-state index in [1.807, 2.05) is 48.5 Å². The lowest BCUT2D eigenvalue weighted by Crippen LogP contribution is -2.19. The molecular formula is C26H21N3O. The number of carbonyl (C=O) groups excluding carboxylic acids is 1. The fourth-order valence-electron chi connectivity index (χ4n) is 4.05. The second kappa shape index (κ2) is 7.84. The van der Waals surface area contributed by atoms with Gasteiger partial charge in [0.2, 0.25) is 5.91 Å². The first kappa shape index (κ1) is 18.1. The second-order valence-electron chi connectivity index (χ2n) is 7.30. The van der Waals surface area contributed by atoms with Crippen molar-refractivity contribution in [2.24, 2.45) is 5.10 Å². The minimum atomic E-state index is -0.103. The van der Waals surface area contributed by atoms with Gasteiger partial charge in [-0.2, -0.15) is 5.10 Å². The quantitative estimate of drug-likeness (QED) is 0.313. The van der Waals surface area contributed by atoms with Gasteiger partial charge in [-0.1, -0.05) is 78.9 Å². The van der Waals surface area contributed by atoms with Gasteiger partial charge in [0.15, 0.2) is 0 Å². The first-order valence-electron chi connectivity index (χ1n) is 10.1. The van der Waals surface area contributed by atoms with Crippen molar-refractivity contribution in [3.05, 3.63) is 96.6 Å². The van der Waals surface area contributed by atoms with Gasteiger partial charge in [-0.05, 0) is 22.9 Å². The summed E-state index contributed by atoms with van der Waals surface area (Å²) in [4.78, 5) is 12.4. The van der Waals surface area contributed by atoms with Gasteiger partial charge >= 0.3 is 0 Å². The standard InChI is InChI=1S/C26H21N3O/c30-26(28-27-18-20-10-7-9-19-8-1-2-11-21(19)20)16-17-29-24-14-5-3-12-22(24)23-13-4-6-15-25(23)29/h1-15,18H,16-17H2,(H,28,30). The Morgan fingerprint density at radius 3 is 2.10 bits per heavy atom. The van der Waals surface area contributed by atoms with Gasteiger partial charge in [0.05, 0.1) is 6.21 Å². The van der Waals surface area contributed by atoms with E-state index in [2.05, 4.69) is 57.6 Å². The average molecular weight is 391 g/mol. The van der Waals surface area contributed by atoms with E-state index in [1.54, 1.807) is 6.21 Å². The average Bonchev–Trinajstić information content (AvgIpc) is 3.12. The van der Waals surface area contributed by atoms with Crippen molar-refractivity contribution in [1.29, 1.82) is 0 Å². The minimum absolute atomic E-state index is 0.103. The molecule has 0 atom stereocenters. The van der Waals surface area contributed by atoms with Crippen molar-refractivity contribution in [1.82, 2.24) is 9.99 Å². The van der Waals surface area contributed by atoms with E-state index in [4.69, 9.17) is 0 Å². The van der Waals surface area contributed by atoms with Crippen LogP contribution in [0.4, 0.5) is 0 Å². The zero-order valence-electron chi connectivity index (χ0n) is 16.5. The lowest BCUT2D eigenvalue weighted by molar-refractivity contribution is -0.121. The Morgan fingerprint density at radius 1 is 0.767 bits per heavy atom. The van der Waals surface area contributed by atoms with Gasteiger partial charge in [-0.3, -0.25) is 4.79 Å². The SMILES string of the molecule is O=C(CCn1c2ccccc2c2ccccc21)NN=Cc1cccc2ccccc12. The fourth-order valence-corrected chi connectivity index (χ4v) is 4.05. The summed E-state index contributed by atoms with van der Waals surface area (Å²) in [7, 11) is 0. The molecule has 0 aliphatic rings. The molecule has 0 saturated carbocycles. The van der Waals surface area contributed by atoms with E-state index < -0.39 is 0 Å². The maximum Gasteiger partial charge on any atom is 0.241 e. The number of fused-ring (bicyclic) bond motifs is 4. The Balaban J connectivity index is 1.31. The number of aryl methyl sites for hydroxylation is 1. The summed E-state index contributed by atoms with van der Waals surface area (Å²) in [6.07, 6.45) is 2.07. The lowest BCUT2D eigenvalue weighted by atomic mass is 10.1. The van der Waals surface area contributed by atoms with Crippen LogP contribution < -0.4 is 5.43 Å². The van der Waals surface area contributed by atoms with E-state index in [-0.39, 0.29) is 5.91 Å². The molecule has 4 aromatic carbocycles. The number of amides is 1. The number of hydrogen-bond acceptors (Lipinski definition) is 2. The van der Waals surface area contributed by atoms with Gasteiger partial charge < -0.3 is 4.57 Å². The molecule has 1 N–H and O–H groups in total. The molecule has 5 rings (SSSR count). The predicted molar refractivity (Wildman–Crippen MR) is 124 cm³/mol. The van der Waals surface area contributed by atoms with Crippen LogP contribution in [-0.2, 0) is 11.3 Å². The molecule has 0 aliphatic heterocycles. The van der Waals surface area contributed by atoms with Crippen LogP contribution in [0, 0.1) is 0 Å². The summed E-state index contributed by atoms with van der Waals surface area (Å²) >= 11 is 0. The van der Waals surface area contributed by atoms with Crippen LogP contribution in [-0.4, -0.2) is 16.7 Å². The first-order valence-corrected chi connectivity index (χ1v) is 10.1. The van der Waals surface area contributed by atoms with Crippen molar-refractivity contribution in [2.45, 2.75) is 13.0 Å². The summed E-state index contributed by atoms with van der Waals surface area (Å²) in [5.74, 6) is -0.103. The summed E-state index contributed by atoms with van der Waals surface area (Å²) in [6.45, 7) is 0.601. The number of hydrogen-bond donors (Lipinski definition) is 1. The van der Waals surface area contributed by atoms with Gasteiger partial charge in [0.1, 0.15) is 0 Å². The number of hydrazone groups is 1. The Labute approximate surface area is 174 Å². The zero-order valence-corrected chi connectivity index (χ0v) is 16.5. The first-order chi connectivity index (χ1) is 14.8. The van der Waals surface area contributed by atoms with Gasteiger partial charge in [0.25, 0.3) is 0 Å². The van der Waals surface area contributed by atoms with Crippen LogP contribution in [0.5, 0.6) is 0 Å². The van der Waals surface area contributed by atoms with Crippen LogP contribution in [0.3, 0.4) is 0 Å². The number of carbonyl (C=O) groups is 1. The van der Waals surface area contributed by atoms with Crippen LogP contribution in [0.25, 0.3) is 32.6 Å². The normalized spacial score (nSPS) is 11.6. The second-order valence-corrected chi connectivity index (χ2v) is 7.30. The Hall–Kier alpha value is -3.92. The van der Waals surface area contributed by atoms with Crippen LogP contribution >= 0.6 is 0 Å². The molecule has 4 heteroatoms. The van der Waals surface area contributed by atoms with E-state index in [9.17, 15) is 4.79 Å². The smallest absolute Gasteiger partial charge is 0.241 e. The fraction of sp³-hybridized carbons (Fsp3) is 0.0769. The zero-order chi connectivity index (χ0) is 20.3. The Kier molecular flexibility index (Phi) is 4.74. The van der Waals surface area contributed by atoms with Crippen molar-refractivity contribution >= 4 is 44.7 Å². The maximum absolute atomic E-state index is 12.4. The third-order valence-electron chi connectivity index (χ3n) is 5.46. The topological polar surface area (TPSA) is 46.4 Å². The minimum Gasteiger partial charge on any atom is -0.340 e. The summed E-state index contributed by atoms with van der Waals surface area (Å²) < 4.78 is 2.21. The van der Waals surface area contributed by atoms with E-state index in [1.165, 1.54) is 10.8 Å². The molecule has 0 spiro atoms. The highest BCUT2D eigenvalue weighted by Gasteiger charge is 2.10. The molecule has 146 valence electrons. The lowest BCUT2D eigenvalue weighted by Gasteiger charge is -2.07. The summed E-state index contributed by atoms with van der Waals surface area (Å²) in [5, 5.41) is 8.87. The number of aromatic nitrogens is 1. The number of benzene rings is 4. The molecule has 5 aromatic rings. The highest BCUT2D eigenvalue weighted by atomic mass is 16.2. The number of rotatable bonds is 5.